The third-order valence-corrected chi connectivity index (χ3v) is 4.05. The predicted octanol–water partition coefficient (Wildman–Crippen LogP) is 4.48. The lowest BCUT2D eigenvalue weighted by Crippen LogP contribution is -2.20. The average Bonchev–Trinajstić information content (AvgIpc) is 2.67. The molecule has 0 aliphatic carbocycles. The molecule has 2 aromatic carbocycles. The Labute approximate surface area is 153 Å². The highest BCUT2D eigenvalue weighted by Crippen LogP contribution is 2.13. The summed E-state index contributed by atoms with van der Waals surface area (Å²) in [6.45, 7) is 4.13. The van der Waals surface area contributed by atoms with Gasteiger partial charge in [-0.1, -0.05) is 50.6 Å². The quantitative estimate of drug-likeness (QED) is 0.431. The molecule has 2 aromatic rings. The Balaban J connectivity index is 2.10. The molecular weight excluding hydrogens is 330 g/mol. The summed E-state index contributed by atoms with van der Waals surface area (Å²) in [5.74, 6) is -0.473. The molecule has 0 unspecified atom stereocenters. The third kappa shape index (κ3) is 5.24. The monoisotopic (exact) mass is 353 g/mol. The second-order valence-electron chi connectivity index (χ2n) is 5.96. The molecule has 0 fully saturated rings. The molecule has 6 nitrogen and oxygen atoms in total. The number of carbonyl (C=O) groups is 1. The van der Waals surface area contributed by atoms with E-state index in [1.54, 1.807) is 0 Å². The molecule has 0 bridgehead atoms. The van der Waals surface area contributed by atoms with Crippen LogP contribution >= 0.6 is 0 Å². The van der Waals surface area contributed by atoms with Crippen molar-refractivity contribution in [2.75, 3.05) is 0 Å². The van der Waals surface area contributed by atoms with Crippen molar-refractivity contribution in [1.82, 2.24) is 5.43 Å². The van der Waals surface area contributed by atoms with Crippen molar-refractivity contribution >= 4 is 17.3 Å². The molecule has 26 heavy (non-hydrogen) atoms. The van der Waals surface area contributed by atoms with Gasteiger partial charge in [-0.05, 0) is 36.5 Å². The Morgan fingerprint density at radius 1 is 1.12 bits per heavy atom. The number of hydrogen-bond donors (Lipinski definition) is 1. The lowest BCUT2D eigenvalue weighted by Gasteiger charge is -2.07. The van der Waals surface area contributed by atoms with E-state index < -0.39 is 10.8 Å². The zero-order chi connectivity index (χ0) is 18.9. The van der Waals surface area contributed by atoms with Crippen molar-refractivity contribution in [3.05, 3.63) is 75.3 Å². The Morgan fingerprint density at radius 3 is 2.46 bits per heavy atom. The van der Waals surface area contributed by atoms with Crippen LogP contribution in [-0.4, -0.2) is 16.5 Å². The summed E-state index contributed by atoms with van der Waals surface area (Å²) in [6, 6.07) is 13.8. The minimum atomic E-state index is -0.530. The van der Waals surface area contributed by atoms with Crippen LogP contribution in [0, 0.1) is 10.1 Å². The molecule has 0 aliphatic heterocycles. The van der Waals surface area contributed by atoms with Gasteiger partial charge < -0.3 is 0 Å². The maximum absolute atomic E-state index is 12.2. The molecule has 0 saturated carbocycles. The zero-order valence-corrected chi connectivity index (χ0v) is 15.1. The number of carbonyl (C=O) groups excluding carboxylic acids is 1. The summed E-state index contributed by atoms with van der Waals surface area (Å²) in [5.41, 5.74) is 5.56. The highest BCUT2D eigenvalue weighted by molar-refractivity contribution is 6.02. The second-order valence-corrected chi connectivity index (χ2v) is 5.96. The van der Waals surface area contributed by atoms with E-state index in [2.05, 4.69) is 29.6 Å². The number of non-ortho nitro benzene ring substituents is 1. The normalized spacial score (nSPS) is 11.2. The van der Waals surface area contributed by atoms with Gasteiger partial charge in [-0.3, -0.25) is 14.9 Å². The minimum Gasteiger partial charge on any atom is -0.267 e. The zero-order valence-electron chi connectivity index (χ0n) is 15.1. The molecule has 0 aliphatic rings. The van der Waals surface area contributed by atoms with Gasteiger partial charge >= 0.3 is 0 Å². The average molecular weight is 353 g/mol. The number of nitro benzene ring substituents is 1. The molecule has 136 valence electrons. The van der Waals surface area contributed by atoms with E-state index >= 15 is 0 Å². The molecule has 6 heteroatoms. The molecule has 0 saturated heterocycles. The Morgan fingerprint density at radius 2 is 1.85 bits per heavy atom. The first-order valence-electron chi connectivity index (χ1n) is 8.75. The van der Waals surface area contributed by atoms with Crippen molar-refractivity contribution in [2.24, 2.45) is 5.10 Å². The first-order valence-corrected chi connectivity index (χ1v) is 8.75. The lowest BCUT2D eigenvalue weighted by atomic mass is 10.0. The molecule has 0 heterocycles. The SMILES string of the molecule is CCCCc1ccc(/C(CC)=N/NC(=O)c2cccc([N+](=O)[O-])c2)cc1. The number of unbranched alkanes of at least 4 members (excludes halogenated alkanes) is 1. The van der Waals surface area contributed by atoms with Crippen molar-refractivity contribution in [3.63, 3.8) is 0 Å². The number of hydrazone groups is 1. The van der Waals surface area contributed by atoms with Crippen LogP contribution in [0.4, 0.5) is 5.69 Å². The summed E-state index contributed by atoms with van der Waals surface area (Å²) < 4.78 is 0. The number of nitro groups is 1. The number of nitrogens with one attached hydrogen (secondary N) is 1. The van der Waals surface area contributed by atoms with Gasteiger partial charge in [0.2, 0.25) is 0 Å². The summed E-state index contributed by atoms with van der Waals surface area (Å²) in [4.78, 5) is 22.5. The van der Waals surface area contributed by atoms with Crippen LogP contribution in [0.2, 0.25) is 0 Å². The largest absolute Gasteiger partial charge is 0.271 e. The molecule has 0 radical (unpaired) electrons. The van der Waals surface area contributed by atoms with Crippen LogP contribution in [-0.2, 0) is 6.42 Å². The van der Waals surface area contributed by atoms with E-state index in [9.17, 15) is 14.9 Å². The van der Waals surface area contributed by atoms with Crippen LogP contribution in [0.3, 0.4) is 0 Å². The van der Waals surface area contributed by atoms with Crippen molar-refractivity contribution in [3.8, 4) is 0 Å². The van der Waals surface area contributed by atoms with Crippen molar-refractivity contribution < 1.29 is 9.72 Å². The van der Waals surface area contributed by atoms with Gasteiger partial charge in [-0.25, -0.2) is 5.43 Å². The summed E-state index contributed by atoms with van der Waals surface area (Å²) >= 11 is 0. The van der Waals surface area contributed by atoms with E-state index in [-0.39, 0.29) is 11.3 Å². The third-order valence-electron chi connectivity index (χ3n) is 4.05. The van der Waals surface area contributed by atoms with E-state index in [1.807, 2.05) is 19.1 Å². The number of benzene rings is 2. The van der Waals surface area contributed by atoms with E-state index in [0.29, 0.717) is 6.42 Å². The molecular formula is C20H23N3O3. The fourth-order valence-corrected chi connectivity index (χ4v) is 2.54. The van der Waals surface area contributed by atoms with Gasteiger partial charge in [-0.15, -0.1) is 0 Å². The van der Waals surface area contributed by atoms with Crippen LogP contribution in [0.1, 0.15) is 54.6 Å². The number of nitrogens with zero attached hydrogens (tertiary/aromatic N) is 2. The van der Waals surface area contributed by atoms with Crippen molar-refractivity contribution in [1.29, 1.82) is 0 Å². The second kappa shape index (κ2) is 9.46. The van der Waals surface area contributed by atoms with E-state index in [0.717, 1.165) is 30.5 Å². The highest BCUT2D eigenvalue weighted by atomic mass is 16.6. The van der Waals surface area contributed by atoms with Gasteiger partial charge in [0.1, 0.15) is 0 Å². The van der Waals surface area contributed by atoms with Gasteiger partial charge in [0.15, 0.2) is 0 Å². The molecule has 2 rings (SSSR count). The van der Waals surface area contributed by atoms with Crippen LogP contribution in [0.5, 0.6) is 0 Å². The maximum atomic E-state index is 12.2. The van der Waals surface area contributed by atoms with Gasteiger partial charge in [0, 0.05) is 17.7 Å². The minimum absolute atomic E-state index is 0.125. The first-order chi connectivity index (χ1) is 12.5. The summed E-state index contributed by atoms with van der Waals surface area (Å²) in [7, 11) is 0. The van der Waals surface area contributed by atoms with Crippen LogP contribution in [0.25, 0.3) is 0 Å². The Kier molecular flexibility index (Phi) is 7.02. The molecule has 1 amide bonds. The van der Waals surface area contributed by atoms with E-state index in [4.69, 9.17) is 0 Å². The molecule has 1 N–H and O–H groups in total. The Bertz CT molecular complexity index is 798. The summed E-state index contributed by atoms with van der Waals surface area (Å²) in [5, 5.41) is 15.0. The lowest BCUT2D eigenvalue weighted by molar-refractivity contribution is -0.384. The van der Waals surface area contributed by atoms with Gasteiger partial charge in [0.25, 0.3) is 11.6 Å². The predicted molar refractivity (Wildman–Crippen MR) is 102 cm³/mol. The van der Waals surface area contributed by atoms with Crippen molar-refractivity contribution in [2.45, 2.75) is 39.5 Å². The molecule has 0 atom stereocenters. The standard InChI is InChI=1S/C20H23N3O3/c1-3-5-7-15-10-12-16(13-11-15)19(4-2)21-22-20(24)17-8-6-9-18(14-17)23(25)26/h6,8-14H,3-5,7H2,1-2H3,(H,22,24)/b21-19+. The van der Waals surface area contributed by atoms with Gasteiger partial charge in [0.05, 0.1) is 10.6 Å². The maximum Gasteiger partial charge on any atom is 0.271 e. The van der Waals surface area contributed by atoms with Crippen LogP contribution in [0.15, 0.2) is 53.6 Å². The number of rotatable bonds is 8. The number of aryl methyl sites for hydroxylation is 1. The molecule has 0 aromatic heterocycles. The van der Waals surface area contributed by atoms with Gasteiger partial charge in [-0.2, -0.15) is 5.10 Å². The molecule has 0 spiro atoms. The summed E-state index contributed by atoms with van der Waals surface area (Å²) in [6.07, 6.45) is 4.03. The Hall–Kier alpha value is -3.02. The van der Waals surface area contributed by atoms with E-state index in [1.165, 1.54) is 29.8 Å². The highest BCUT2D eigenvalue weighted by Gasteiger charge is 2.11. The smallest absolute Gasteiger partial charge is 0.267 e. The number of hydrogen-bond acceptors (Lipinski definition) is 4. The van der Waals surface area contributed by atoms with Crippen LogP contribution < -0.4 is 5.43 Å². The topological polar surface area (TPSA) is 84.6 Å². The fourth-order valence-electron chi connectivity index (χ4n) is 2.54. The first kappa shape index (κ1) is 19.3. The fraction of sp³-hybridized carbons (Fsp3) is 0.300. The number of amides is 1.